The normalized spacial score (nSPS) is 10.5. The number of hydrogen-bond donors (Lipinski definition) is 2. The molecule has 0 aliphatic rings. The summed E-state index contributed by atoms with van der Waals surface area (Å²) in [4.78, 5) is 15.6. The average Bonchev–Trinajstić information content (AvgIpc) is 2.38. The van der Waals surface area contributed by atoms with Crippen molar-refractivity contribution in [3.63, 3.8) is 0 Å². The predicted molar refractivity (Wildman–Crippen MR) is 69.1 cm³/mol. The summed E-state index contributed by atoms with van der Waals surface area (Å²) in [6.45, 7) is 1.12. The first-order valence-electron chi connectivity index (χ1n) is 5.58. The van der Waals surface area contributed by atoms with E-state index in [-0.39, 0.29) is 5.56 Å². The highest BCUT2D eigenvalue weighted by Crippen LogP contribution is 2.20. The number of nitrogens with one attached hydrogen (secondary N) is 1. The van der Waals surface area contributed by atoms with Crippen molar-refractivity contribution in [3.05, 3.63) is 35.9 Å². The number of fused-ring (bicyclic) bond motifs is 1. The number of para-hydroxylation sites is 1. The van der Waals surface area contributed by atoms with E-state index in [1.807, 2.05) is 6.07 Å². The Balaban J connectivity index is 2.41. The molecule has 0 saturated carbocycles. The number of benzene rings is 1. The minimum Gasteiger partial charge on any atom is -0.478 e. The molecule has 0 saturated heterocycles. The lowest BCUT2D eigenvalue weighted by molar-refractivity contribution is 0.0699. The van der Waals surface area contributed by atoms with Crippen LogP contribution >= 0.6 is 0 Å². The number of carboxylic acid groups (broad SMARTS) is 1. The van der Waals surface area contributed by atoms with E-state index in [1.165, 1.54) is 0 Å². The molecule has 2 N–H and O–H groups in total. The van der Waals surface area contributed by atoms with E-state index in [0.717, 1.165) is 0 Å². The highest BCUT2D eigenvalue weighted by atomic mass is 16.5. The van der Waals surface area contributed by atoms with E-state index in [1.54, 1.807) is 31.4 Å². The third kappa shape index (κ3) is 2.57. The van der Waals surface area contributed by atoms with Crippen LogP contribution in [-0.4, -0.2) is 36.3 Å². The van der Waals surface area contributed by atoms with Crippen LogP contribution in [0.4, 0.5) is 5.82 Å². The molecule has 0 bridgehead atoms. The number of anilines is 1. The molecule has 18 heavy (non-hydrogen) atoms. The lowest BCUT2D eigenvalue weighted by Gasteiger charge is -2.08. The second-order valence-corrected chi connectivity index (χ2v) is 3.80. The summed E-state index contributed by atoms with van der Waals surface area (Å²) >= 11 is 0. The van der Waals surface area contributed by atoms with Gasteiger partial charge in [0.05, 0.1) is 17.7 Å². The fourth-order valence-corrected chi connectivity index (χ4v) is 1.72. The van der Waals surface area contributed by atoms with Crippen LogP contribution in [0.1, 0.15) is 10.4 Å². The molecule has 1 aromatic carbocycles. The van der Waals surface area contributed by atoms with Gasteiger partial charge < -0.3 is 15.2 Å². The number of rotatable bonds is 5. The number of carbonyl (C=O) groups is 1. The molecule has 0 amide bonds. The monoisotopic (exact) mass is 246 g/mol. The third-order valence-electron chi connectivity index (χ3n) is 2.56. The Hall–Kier alpha value is -2.14. The van der Waals surface area contributed by atoms with Crippen molar-refractivity contribution >= 4 is 22.7 Å². The van der Waals surface area contributed by atoms with Gasteiger partial charge >= 0.3 is 5.97 Å². The van der Waals surface area contributed by atoms with Gasteiger partial charge in [0.25, 0.3) is 0 Å². The van der Waals surface area contributed by atoms with Crippen LogP contribution in [0, 0.1) is 0 Å². The van der Waals surface area contributed by atoms with Gasteiger partial charge in [-0.25, -0.2) is 9.78 Å². The molecule has 0 fully saturated rings. The number of hydrogen-bond acceptors (Lipinski definition) is 4. The van der Waals surface area contributed by atoms with E-state index in [0.29, 0.717) is 29.9 Å². The number of methoxy groups -OCH3 is 1. The first-order valence-corrected chi connectivity index (χ1v) is 5.58. The van der Waals surface area contributed by atoms with E-state index < -0.39 is 5.97 Å². The molecular weight excluding hydrogens is 232 g/mol. The maximum Gasteiger partial charge on any atom is 0.336 e. The van der Waals surface area contributed by atoms with Crippen LogP contribution in [0.25, 0.3) is 10.9 Å². The summed E-state index contributed by atoms with van der Waals surface area (Å²) in [5.74, 6) is -0.411. The number of nitrogens with zero attached hydrogens (tertiary/aromatic N) is 1. The van der Waals surface area contributed by atoms with Crippen molar-refractivity contribution in [1.82, 2.24) is 4.98 Å². The summed E-state index contributed by atoms with van der Waals surface area (Å²) in [5, 5.41) is 12.9. The Bertz CT molecular complexity index is 569. The van der Waals surface area contributed by atoms with Crippen LogP contribution < -0.4 is 5.32 Å². The largest absolute Gasteiger partial charge is 0.478 e. The summed E-state index contributed by atoms with van der Waals surface area (Å²) in [6, 6.07) is 8.72. The molecule has 0 radical (unpaired) electrons. The molecule has 1 heterocycles. The van der Waals surface area contributed by atoms with Crippen molar-refractivity contribution in [1.29, 1.82) is 0 Å². The summed E-state index contributed by atoms with van der Waals surface area (Å²) in [7, 11) is 1.61. The molecule has 0 spiro atoms. The molecule has 0 aliphatic heterocycles. The molecule has 94 valence electrons. The first kappa shape index (κ1) is 12.3. The lowest BCUT2D eigenvalue weighted by atomic mass is 10.1. The molecule has 5 heteroatoms. The fraction of sp³-hybridized carbons (Fsp3) is 0.231. The molecular formula is C13H14N2O3. The highest BCUT2D eigenvalue weighted by molar-refractivity contribution is 6.03. The van der Waals surface area contributed by atoms with Gasteiger partial charge in [-0.2, -0.15) is 0 Å². The minimum absolute atomic E-state index is 0.250. The SMILES string of the molecule is COCCNc1cc(C(=O)O)c2ccccc2n1. The van der Waals surface area contributed by atoms with Crippen molar-refractivity contribution in [2.24, 2.45) is 0 Å². The Morgan fingerprint density at radius 2 is 2.22 bits per heavy atom. The smallest absolute Gasteiger partial charge is 0.336 e. The standard InChI is InChI=1S/C13H14N2O3/c1-18-7-6-14-12-8-10(13(16)17)9-4-2-3-5-11(9)15-12/h2-5,8H,6-7H2,1H3,(H,14,15)(H,16,17). The number of carboxylic acids is 1. The Morgan fingerprint density at radius 3 is 2.94 bits per heavy atom. The van der Waals surface area contributed by atoms with E-state index >= 15 is 0 Å². The summed E-state index contributed by atoms with van der Waals surface area (Å²) < 4.78 is 4.92. The maximum atomic E-state index is 11.2. The van der Waals surface area contributed by atoms with Gasteiger partial charge in [-0.05, 0) is 12.1 Å². The van der Waals surface area contributed by atoms with Gasteiger partial charge in [0.1, 0.15) is 5.82 Å². The van der Waals surface area contributed by atoms with Gasteiger partial charge in [0, 0.05) is 19.0 Å². The Labute approximate surface area is 104 Å². The fourth-order valence-electron chi connectivity index (χ4n) is 1.72. The second kappa shape index (κ2) is 5.46. The average molecular weight is 246 g/mol. The number of aromatic carboxylic acids is 1. The zero-order chi connectivity index (χ0) is 13.0. The van der Waals surface area contributed by atoms with Crippen LogP contribution in [-0.2, 0) is 4.74 Å². The van der Waals surface area contributed by atoms with Gasteiger partial charge in [0.15, 0.2) is 0 Å². The lowest BCUT2D eigenvalue weighted by Crippen LogP contribution is -2.10. The topological polar surface area (TPSA) is 71.5 Å². The van der Waals surface area contributed by atoms with Crippen molar-refractivity contribution in [3.8, 4) is 0 Å². The van der Waals surface area contributed by atoms with Gasteiger partial charge in [-0.15, -0.1) is 0 Å². The molecule has 2 aromatic rings. The van der Waals surface area contributed by atoms with Crippen molar-refractivity contribution in [2.75, 3.05) is 25.6 Å². The molecule has 0 unspecified atom stereocenters. The van der Waals surface area contributed by atoms with Crippen molar-refractivity contribution in [2.45, 2.75) is 0 Å². The van der Waals surface area contributed by atoms with Crippen LogP contribution in [0.15, 0.2) is 30.3 Å². The number of pyridine rings is 1. The zero-order valence-electron chi connectivity index (χ0n) is 10.0. The molecule has 0 atom stereocenters. The van der Waals surface area contributed by atoms with Crippen LogP contribution in [0.2, 0.25) is 0 Å². The van der Waals surface area contributed by atoms with E-state index in [2.05, 4.69) is 10.3 Å². The first-order chi connectivity index (χ1) is 8.72. The minimum atomic E-state index is -0.955. The number of aromatic nitrogens is 1. The van der Waals surface area contributed by atoms with Gasteiger partial charge in [-0.1, -0.05) is 18.2 Å². The van der Waals surface area contributed by atoms with Gasteiger partial charge in [0.2, 0.25) is 0 Å². The zero-order valence-corrected chi connectivity index (χ0v) is 10.0. The summed E-state index contributed by atoms with van der Waals surface area (Å²) in [5.41, 5.74) is 0.915. The Kier molecular flexibility index (Phi) is 3.74. The van der Waals surface area contributed by atoms with Crippen LogP contribution in [0.3, 0.4) is 0 Å². The summed E-state index contributed by atoms with van der Waals surface area (Å²) in [6.07, 6.45) is 0. The predicted octanol–water partition coefficient (Wildman–Crippen LogP) is 1.99. The third-order valence-corrected chi connectivity index (χ3v) is 2.56. The van der Waals surface area contributed by atoms with Gasteiger partial charge in [-0.3, -0.25) is 0 Å². The van der Waals surface area contributed by atoms with Crippen molar-refractivity contribution < 1.29 is 14.6 Å². The number of ether oxygens (including phenoxy) is 1. The molecule has 2 rings (SSSR count). The quantitative estimate of drug-likeness (QED) is 0.789. The molecule has 0 aliphatic carbocycles. The van der Waals surface area contributed by atoms with Crippen LogP contribution in [0.5, 0.6) is 0 Å². The van der Waals surface area contributed by atoms with E-state index in [9.17, 15) is 9.90 Å². The maximum absolute atomic E-state index is 11.2. The van der Waals surface area contributed by atoms with E-state index in [4.69, 9.17) is 4.74 Å². The second-order valence-electron chi connectivity index (χ2n) is 3.80. The highest BCUT2D eigenvalue weighted by Gasteiger charge is 2.11. The Morgan fingerprint density at radius 1 is 1.44 bits per heavy atom. The molecule has 5 nitrogen and oxygen atoms in total. The molecule has 1 aromatic heterocycles.